The number of hydrogen-bond donors (Lipinski definition) is 1. The summed E-state index contributed by atoms with van der Waals surface area (Å²) in [4.78, 5) is 36.8. The number of carbonyl (C=O) groups excluding carboxylic acids is 2. The lowest BCUT2D eigenvalue weighted by molar-refractivity contribution is -0.127. The second-order valence-electron chi connectivity index (χ2n) is 8.88. The van der Waals surface area contributed by atoms with Crippen LogP contribution in [0.1, 0.15) is 16.1 Å². The minimum absolute atomic E-state index is 0.00478. The van der Waals surface area contributed by atoms with Crippen LogP contribution in [0.2, 0.25) is 0 Å². The standard InChI is InChI=1S/C29H27N5O2/c1-2-27(35)34-14-12-33(13-15-34)19-20-8-10-22(11-9-20)28-24(21-6-4-3-5-7-21)16-23-18-31-26(29(30)36)17-25(23)32-28/h2-11,16-18H,1,12-15,19H2,(H2,30,36). The third-order valence-corrected chi connectivity index (χ3v) is 6.53. The van der Waals surface area contributed by atoms with Gasteiger partial charge < -0.3 is 10.6 Å². The molecule has 0 saturated carbocycles. The smallest absolute Gasteiger partial charge is 0.267 e. The Hall–Kier alpha value is -4.36. The largest absolute Gasteiger partial charge is 0.364 e. The summed E-state index contributed by atoms with van der Waals surface area (Å²) >= 11 is 0. The fraction of sp³-hybridized carbons (Fsp3) is 0.172. The molecule has 1 aliphatic heterocycles. The van der Waals surface area contributed by atoms with Crippen molar-refractivity contribution in [1.82, 2.24) is 19.8 Å². The highest BCUT2D eigenvalue weighted by atomic mass is 16.2. The van der Waals surface area contributed by atoms with Crippen molar-refractivity contribution in [2.75, 3.05) is 26.2 Å². The molecule has 0 radical (unpaired) electrons. The van der Waals surface area contributed by atoms with Crippen molar-refractivity contribution in [3.8, 4) is 22.4 Å². The van der Waals surface area contributed by atoms with Crippen LogP contribution in [0.3, 0.4) is 0 Å². The molecule has 3 heterocycles. The Kier molecular flexibility index (Phi) is 6.56. The van der Waals surface area contributed by atoms with E-state index in [2.05, 4.69) is 58.9 Å². The maximum atomic E-state index is 11.8. The molecule has 7 nitrogen and oxygen atoms in total. The Morgan fingerprint density at radius 2 is 1.67 bits per heavy atom. The number of piperazine rings is 1. The van der Waals surface area contributed by atoms with Crippen LogP contribution in [0, 0.1) is 0 Å². The zero-order valence-corrected chi connectivity index (χ0v) is 19.9. The minimum Gasteiger partial charge on any atom is -0.364 e. The van der Waals surface area contributed by atoms with E-state index in [1.54, 1.807) is 12.3 Å². The maximum absolute atomic E-state index is 11.8. The van der Waals surface area contributed by atoms with Gasteiger partial charge in [0.2, 0.25) is 5.91 Å². The van der Waals surface area contributed by atoms with Gasteiger partial charge in [-0.05, 0) is 29.3 Å². The van der Waals surface area contributed by atoms with E-state index < -0.39 is 5.91 Å². The molecule has 0 aliphatic carbocycles. The van der Waals surface area contributed by atoms with Crippen LogP contribution in [0.25, 0.3) is 33.3 Å². The van der Waals surface area contributed by atoms with Gasteiger partial charge in [-0.3, -0.25) is 19.5 Å². The number of fused-ring (bicyclic) bond motifs is 1. The molecule has 36 heavy (non-hydrogen) atoms. The van der Waals surface area contributed by atoms with Gasteiger partial charge in [0.05, 0.1) is 11.2 Å². The molecule has 2 amide bonds. The average Bonchev–Trinajstić information content (AvgIpc) is 2.93. The lowest BCUT2D eigenvalue weighted by Crippen LogP contribution is -2.47. The van der Waals surface area contributed by atoms with E-state index in [0.717, 1.165) is 47.4 Å². The van der Waals surface area contributed by atoms with Gasteiger partial charge in [0.15, 0.2) is 0 Å². The van der Waals surface area contributed by atoms with Gasteiger partial charge in [-0.25, -0.2) is 4.98 Å². The summed E-state index contributed by atoms with van der Waals surface area (Å²) in [6, 6.07) is 22.2. The van der Waals surface area contributed by atoms with Crippen LogP contribution in [-0.2, 0) is 11.3 Å². The first-order valence-electron chi connectivity index (χ1n) is 11.9. The fourth-order valence-corrected chi connectivity index (χ4v) is 4.54. The molecular weight excluding hydrogens is 450 g/mol. The molecule has 0 unspecified atom stereocenters. The van der Waals surface area contributed by atoms with Crippen molar-refractivity contribution in [1.29, 1.82) is 0 Å². The molecule has 0 atom stereocenters. The number of primary amides is 1. The predicted octanol–water partition coefficient (Wildman–Crippen LogP) is 3.89. The van der Waals surface area contributed by atoms with Gasteiger partial charge in [-0.15, -0.1) is 0 Å². The molecule has 0 spiro atoms. The number of nitrogens with zero attached hydrogens (tertiary/aromatic N) is 4. The van der Waals surface area contributed by atoms with Crippen molar-refractivity contribution in [2.24, 2.45) is 5.73 Å². The number of pyridine rings is 2. The lowest BCUT2D eigenvalue weighted by atomic mass is 9.97. The maximum Gasteiger partial charge on any atom is 0.267 e. The molecular formula is C29H27N5O2. The van der Waals surface area contributed by atoms with Gasteiger partial charge in [0.25, 0.3) is 5.91 Å². The van der Waals surface area contributed by atoms with Crippen molar-refractivity contribution < 1.29 is 9.59 Å². The summed E-state index contributed by atoms with van der Waals surface area (Å²) in [7, 11) is 0. The van der Waals surface area contributed by atoms with Gasteiger partial charge in [0, 0.05) is 55.4 Å². The molecule has 180 valence electrons. The monoisotopic (exact) mass is 477 g/mol. The highest BCUT2D eigenvalue weighted by molar-refractivity contribution is 5.97. The number of carbonyl (C=O) groups is 2. The Morgan fingerprint density at radius 1 is 0.944 bits per heavy atom. The summed E-state index contributed by atoms with van der Waals surface area (Å²) in [5.74, 6) is -0.582. The number of rotatable bonds is 6. The number of nitrogens with two attached hydrogens (primary N) is 1. The van der Waals surface area contributed by atoms with Crippen molar-refractivity contribution >= 4 is 22.7 Å². The summed E-state index contributed by atoms with van der Waals surface area (Å²) in [6.45, 7) is 7.50. The van der Waals surface area contributed by atoms with Crippen molar-refractivity contribution in [2.45, 2.75) is 6.54 Å². The van der Waals surface area contributed by atoms with Gasteiger partial charge in [-0.1, -0.05) is 61.2 Å². The van der Waals surface area contributed by atoms with Crippen LogP contribution < -0.4 is 5.73 Å². The molecule has 2 aromatic carbocycles. The topological polar surface area (TPSA) is 92.4 Å². The molecule has 5 rings (SSSR count). The first kappa shape index (κ1) is 23.4. The first-order valence-corrected chi connectivity index (χ1v) is 11.9. The summed E-state index contributed by atoms with van der Waals surface area (Å²) in [6.07, 6.45) is 3.02. The van der Waals surface area contributed by atoms with E-state index in [9.17, 15) is 9.59 Å². The minimum atomic E-state index is -0.577. The quantitative estimate of drug-likeness (QED) is 0.425. The van der Waals surface area contributed by atoms with Crippen molar-refractivity contribution in [3.05, 3.63) is 96.8 Å². The van der Waals surface area contributed by atoms with Crippen molar-refractivity contribution in [3.63, 3.8) is 0 Å². The predicted molar refractivity (Wildman–Crippen MR) is 141 cm³/mol. The van der Waals surface area contributed by atoms with E-state index in [0.29, 0.717) is 18.6 Å². The zero-order chi connectivity index (χ0) is 25.1. The van der Waals surface area contributed by atoms with Gasteiger partial charge in [0.1, 0.15) is 5.69 Å². The molecule has 2 N–H and O–H groups in total. The molecule has 1 aliphatic rings. The summed E-state index contributed by atoms with van der Waals surface area (Å²) in [5.41, 5.74) is 11.4. The Labute approximate surface area is 209 Å². The van der Waals surface area contributed by atoms with E-state index >= 15 is 0 Å². The third kappa shape index (κ3) is 4.87. The van der Waals surface area contributed by atoms with Crippen LogP contribution in [-0.4, -0.2) is 57.8 Å². The number of benzene rings is 2. The number of amides is 2. The molecule has 7 heteroatoms. The summed E-state index contributed by atoms with van der Waals surface area (Å²) < 4.78 is 0. The normalized spacial score (nSPS) is 14.1. The average molecular weight is 478 g/mol. The van der Waals surface area contributed by atoms with Gasteiger partial charge >= 0.3 is 0 Å². The van der Waals surface area contributed by atoms with Crippen LogP contribution in [0.15, 0.2) is 85.6 Å². The SMILES string of the molecule is C=CC(=O)N1CCN(Cc2ccc(-c3nc4cc(C(N)=O)ncc4cc3-c3ccccc3)cc2)CC1. The van der Waals surface area contributed by atoms with Crippen LogP contribution in [0.4, 0.5) is 0 Å². The molecule has 1 fully saturated rings. The Morgan fingerprint density at radius 3 is 2.33 bits per heavy atom. The second kappa shape index (κ2) is 10.1. The second-order valence-corrected chi connectivity index (χ2v) is 8.88. The van der Waals surface area contributed by atoms with E-state index in [-0.39, 0.29) is 11.6 Å². The highest BCUT2D eigenvalue weighted by Gasteiger charge is 2.19. The van der Waals surface area contributed by atoms with E-state index in [1.807, 2.05) is 23.1 Å². The number of hydrogen-bond acceptors (Lipinski definition) is 5. The molecule has 0 bridgehead atoms. The Bertz CT molecular complexity index is 1430. The number of aromatic nitrogens is 2. The van der Waals surface area contributed by atoms with E-state index in [4.69, 9.17) is 10.7 Å². The van der Waals surface area contributed by atoms with Crippen LogP contribution in [0.5, 0.6) is 0 Å². The Balaban J connectivity index is 1.44. The van der Waals surface area contributed by atoms with E-state index in [1.165, 1.54) is 11.6 Å². The molecule has 4 aromatic rings. The van der Waals surface area contributed by atoms with Gasteiger partial charge in [-0.2, -0.15) is 0 Å². The lowest BCUT2D eigenvalue weighted by Gasteiger charge is -2.34. The zero-order valence-electron chi connectivity index (χ0n) is 19.9. The first-order chi connectivity index (χ1) is 17.5. The third-order valence-electron chi connectivity index (χ3n) is 6.53. The molecule has 1 saturated heterocycles. The highest BCUT2D eigenvalue weighted by Crippen LogP contribution is 2.33. The molecule has 2 aromatic heterocycles. The summed E-state index contributed by atoms with van der Waals surface area (Å²) in [5, 5.41) is 0.841. The fourth-order valence-electron chi connectivity index (χ4n) is 4.54. The van der Waals surface area contributed by atoms with Crippen LogP contribution >= 0.6 is 0 Å².